The standard InChI is InChI=1S/C15H18N4O/c20-14(19-13-10-17-18-11-13)15(6-8-16-9-7-15)12-4-2-1-3-5-12/h1-5,10-11,16H,6-9H2,(H,17,18)(H,19,20). The summed E-state index contributed by atoms with van der Waals surface area (Å²) < 4.78 is 0. The summed E-state index contributed by atoms with van der Waals surface area (Å²) in [7, 11) is 0. The van der Waals surface area contributed by atoms with Crippen LogP contribution in [0.3, 0.4) is 0 Å². The van der Waals surface area contributed by atoms with Crippen LogP contribution >= 0.6 is 0 Å². The number of anilines is 1. The Morgan fingerprint density at radius 2 is 1.95 bits per heavy atom. The molecule has 2 heterocycles. The van der Waals surface area contributed by atoms with Crippen molar-refractivity contribution in [1.82, 2.24) is 15.5 Å². The molecule has 2 aromatic rings. The van der Waals surface area contributed by atoms with Gasteiger partial charge in [0.05, 0.1) is 17.3 Å². The number of H-pyrrole nitrogens is 1. The molecule has 0 saturated carbocycles. The third-order valence-corrected chi connectivity index (χ3v) is 3.97. The Hall–Kier alpha value is -2.14. The Labute approximate surface area is 117 Å². The molecule has 0 unspecified atom stereocenters. The van der Waals surface area contributed by atoms with E-state index in [1.165, 1.54) is 0 Å². The molecule has 1 saturated heterocycles. The van der Waals surface area contributed by atoms with E-state index >= 15 is 0 Å². The van der Waals surface area contributed by atoms with Crippen LogP contribution in [0.25, 0.3) is 0 Å². The average Bonchev–Trinajstić information content (AvgIpc) is 3.02. The van der Waals surface area contributed by atoms with E-state index in [2.05, 4.69) is 20.8 Å². The van der Waals surface area contributed by atoms with Gasteiger partial charge >= 0.3 is 0 Å². The molecule has 3 N–H and O–H groups in total. The summed E-state index contributed by atoms with van der Waals surface area (Å²) in [4.78, 5) is 12.8. The summed E-state index contributed by atoms with van der Waals surface area (Å²) in [5.74, 6) is 0.0478. The van der Waals surface area contributed by atoms with Crippen LogP contribution in [0.2, 0.25) is 0 Å². The number of carbonyl (C=O) groups is 1. The number of benzene rings is 1. The zero-order valence-electron chi connectivity index (χ0n) is 11.2. The van der Waals surface area contributed by atoms with E-state index in [9.17, 15) is 4.79 Å². The van der Waals surface area contributed by atoms with Gasteiger partial charge in [0.25, 0.3) is 0 Å². The highest BCUT2D eigenvalue weighted by Crippen LogP contribution is 2.34. The molecule has 0 aliphatic carbocycles. The lowest BCUT2D eigenvalue weighted by molar-refractivity contribution is -0.122. The van der Waals surface area contributed by atoms with Gasteiger partial charge in [0, 0.05) is 6.20 Å². The van der Waals surface area contributed by atoms with Crippen molar-refractivity contribution in [2.75, 3.05) is 18.4 Å². The van der Waals surface area contributed by atoms with Gasteiger partial charge < -0.3 is 10.6 Å². The van der Waals surface area contributed by atoms with Gasteiger partial charge in [-0.2, -0.15) is 5.10 Å². The Balaban J connectivity index is 1.91. The normalized spacial score (nSPS) is 17.6. The van der Waals surface area contributed by atoms with Gasteiger partial charge in [-0.15, -0.1) is 0 Å². The van der Waals surface area contributed by atoms with Crippen molar-refractivity contribution in [3.8, 4) is 0 Å². The summed E-state index contributed by atoms with van der Waals surface area (Å²) in [6.45, 7) is 1.71. The van der Waals surface area contributed by atoms with Crippen molar-refractivity contribution in [3.63, 3.8) is 0 Å². The highest BCUT2D eigenvalue weighted by molar-refractivity contribution is 5.99. The smallest absolute Gasteiger partial charge is 0.235 e. The SMILES string of the molecule is O=C(Nc1cn[nH]c1)C1(c2ccccc2)CCNCC1. The Morgan fingerprint density at radius 1 is 1.20 bits per heavy atom. The minimum atomic E-state index is -0.455. The molecule has 0 bridgehead atoms. The molecule has 1 aliphatic rings. The van der Waals surface area contributed by atoms with Gasteiger partial charge in [-0.3, -0.25) is 9.89 Å². The first-order valence-corrected chi connectivity index (χ1v) is 6.88. The molecule has 5 nitrogen and oxygen atoms in total. The summed E-state index contributed by atoms with van der Waals surface area (Å²) in [5, 5.41) is 12.9. The number of piperidine rings is 1. The molecule has 0 atom stereocenters. The summed E-state index contributed by atoms with van der Waals surface area (Å²) in [5.41, 5.74) is 1.34. The number of nitrogens with one attached hydrogen (secondary N) is 3. The molecule has 1 amide bonds. The van der Waals surface area contributed by atoms with Gasteiger partial charge in [0.15, 0.2) is 0 Å². The number of nitrogens with zero attached hydrogens (tertiary/aromatic N) is 1. The van der Waals surface area contributed by atoms with Crippen LogP contribution in [0.15, 0.2) is 42.7 Å². The number of carbonyl (C=O) groups excluding carboxylic acids is 1. The van der Waals surface area contributed by atoms with E-state index in [1.807, 2.05) is 30.3 Å². The maximum absolute atomic E-state index is 12.8. The molecule has 1 aliphatic heterocycles. The summed E-state index contributed by atoms with van der Waals surface area (Å²) in [6, 6.07) is 10.0. The fourth-order valence-corrected chi connectivity index (χ4v) is 2.83. The molecule has 0 spiro atoms. The van der Waals surface area contributed by atoms with Crippen molar-refractivity contribution < 1.29 is 4.79 Å². The maximum Gasteiger partial charge on any atom is 0.235 e. The van der Waals surface area contributed by atoms with E-state index in [0.717, 1.165) is 31.5 Å². The second kappa shape index (κ2) is 5.46. The fraction of sp³-hybridized carbons (Fsp3) is 0.333. The number of rotatable bonds is 3. The topological polar surface area (TPSA) is 69.8 Å². The van der Waals surface area contributed by atoms with Crippen LogP contribution in [-0.4, -0.2) is 29.2 Å². The lowest BCUT2D eigenvalue weighted by atomic mass is 9.72. The molecular formula is C15H18N4O. The molecule has 1 fully saturated rings. The third kappa shape index (κ3) is 2.32. The Morgan fingerprint density at radius 3 is 2.60 bits per heavy atom. The minimum absolute atomic E-state index is 0.0478. The first kappa shape index (κ1) is 12.9. The quantitative estimate of drug-likeness (QED) is 0.794. The number of aromatic nitrogens is 2. The van der Waals surface area contributed by atoms with Crippen molar-refractivity contribution in [3.05, 3.63) is 48.3 Å². The van der Waals surface area contributed by atoms with Crippen LogP contribution in [0, 0.1) is 0 Å². The van der Waals surface area contributed by atoms with Gasteiger partial charge in [-0.05, 0) is 31.5 Å². The van der Waals surface area contributed by atoms with Crippen LogP contribution in [-0.2, 0) is 10.2 Å². The van der Waals surface area contributed by atoms with E-state index in [4.69, 9.17) is 0 Å². The van der Waals surface area contributed by atoms with E-state index < -0.39 is 5.41 Å². The average molecular weight is 270 g/mol. The Bertz CT molecular complexity index is 559. The first-order chi connectivity index (χ1) is 9.81. The molecule has 5 heteroatoms. The molecule has 1 aromatic carbocycles. The van der Waals surface area contributed by atoms with Crippen molar-refractivity contribution in [1.29, 1.82) is 0 Å². The minimum Gasteiger partial charge on any atom is -0.323 e. The van der Waals surface area contributed by atoms with Gasteiger partial charge in [0.2, 0.25) is 5.91 Å². The molecule has 20 heavy (non-hydrogen) atoms. The molecule has 1 aromatic heterocycles. The first-order valence-electron chi connectivity index (χ1n) is 6.88. The largest absolute Gasteiger partial charge is 0.323 e. The predicted octanol–water partition coefficient (Wildman–Crippen LogP) is 1.67. The van der Waals surface area contributed by atoms with Gasteiger partial charge in [-0.1, -0.05) is 30.3 Å². The summed E-state index contributed by atoms with van der Waals surface area (Å²) in [6.07, 6.45) is 4.93. The Kier molecular flexibility index (Phi) is 3.52. The summed E-state index contributed by atoms with van der Waals surface area (Å²) >= 11 is 0. The lowest BCUT2D eigenvalue weighted by Gasteiger charge is -2.36. The second-order valence-corrected chi connectivity index (χ2v) is 5.14. The van der Waals surface area contributed by atoms with Crippen LogP contribution in [0.1, 0.15) is 18.4 Å². The molecule has 104 valence electrons. The zero-order valence-corrected chi connectivity index (χ0v) is 11.2. The van der Waals surface area contributed by atoms with E-state index in [1.54, 1.807) is 12.4 Å². The van der Waals surface area contributed by atoms with E-state index in [-0.39, 0.29) is 5.91 Å². The predicted molar refractivity (Wildman–Crippen MR) is 77.4 cm³/mol. The molecule has 3 rings (SSSR count). The number of hydrogen-bond donors (Lipinski definition) is 3. The fourth-order valence-electron chi connectivity index (χ4n) is 2.83. The molecular weight excluding hydrogens is 252 g/mol. The second-order valence-electron chi connectivity index (χ2n) is 5.14. The van der Waals surface area contributed by atoms with Gasteiger partial charge in [-0.25, -0.2) is 0 Å². The van der Waals surface area contributed by atoms with Crippen molar-refractivity contribution in [2.24, 2.45) is 0 Å². The van der Waals surface area contributed by atoms with E-state index in [0.29, 0.717) is 5.69 Å². The number of aromatic amines is 1. The third-order valence-electron chi connectivity index (χ3n) is 3.97. The van der Waals surface area contributed by atoms with Crippen LogP contribution in [0.4, 0.5) is 5.69 Å². The number of amides is 1. The maximum atomic E-state index is 12.8. The monoisotopic (exact) mass is 270 g/mol. The molecule has 0 radical (unpaired) electrons. The highest BCUT2D eigenvalue weighted by Gasteiger charge is 2.41. The lowest BCUT2D eigenvalue weighted by Crippen LogP contribution is -2.48. The van der Waals surface area contributed by atoms with Crippen LogP contribution in [0.5, 0.6) is 0 Å². The van der Waals surface area contributed by atoms with Crippen LogP contribution < -0.4 is 10.6 Å². The van der Waals surface area contributed by atoms with Crippen molar-refractivity contribution >= 4 is 11.6 Å². The highest BCUT2D eigenvalue weighted by atomic mass is 16.2. The number of hydrogen-bond acceptors (Lipinski definition) is 3. The zero-order chi connectivity index (χ0) is 13.8. The van der Waals surface area contributed by atoms with Gasteiger partial charge in [0.1, 0.15) is 0 Å². The van der Waals surface area contributed by atoms with Crippen molar-refractivity contribution in [2.45, 2.75) is 18.3 Å².